The number of nitrogens with two attached hydrogens (primary N) is 1. The number of imidazole rings is 1. The van der Waals surface area contributed by atoms with Crippen molar-refractivity contribution in [3.63, 3.8) is 0 Å². The number of aromatic nitrogens is 7. The van der Waals surface area contributed by atoms with Gasteiger partial charge in [-0.15, -0.1) is 0 Å². The number of hydrogen-bond donors (Lipinski definition) is 1. The largest absolute Gasteiger partial charge is 0.383 e. The first-order chi connectivity index (χ1) is 21.2. The van der Waals surface area contributed by atoms with Crippen molar-refractivity contribution in [2.45, 2.75) is 6.54 Å². The van der Waals surface area contributed by atoms with Crippen molar-refractivity contribution in [1.29, 1.82) is 5.26 Å². The van der Waals surface area contributed by atoms with Crippen molar-refractivity contribution in [3.05, 3.63) is 103 Å². The molecule has 0 amide bonds. The number of hydrogen-bond acceptors (Lipinski definition) is 10. The molecule has 5 heterocycles. The average Bonchev–Trinajstić information content (AvgIpc) is 3.44. The predicted molar refractivity (Wildman–Crippen MR) is 164 cm³/mol. The molecule has 1 aliphatic heterocycles. The fourth-order valence-corrected chi connectivity index (χ4v) is 5.37. The normalized spacial score (nSPS) is 13.7. The van der Waals surface area contributed by atoms with E-state index in [1.807, 2.05) is 48.5 Å². The molecular weight excluding hydrogens is 538 g/mol. The molecule has 0 bridgehead atoms. The molecule has 11 heteroatoms. The van der Waals surface area contributed by atoms with Crippen molar-refractivity contribution in [2.75, 3.05) is 36.8 Å². The standard InChI is InChI=1S/C32H27N11/c33-19-28-36-21-37-32(40-28)42-17-15-41(16-18-42)20-22-8-10-24(11-9-22)43-30(25-7-4-14-35-29(25)34)39-27-13-12-26(38-31(27)43)23-5-2-1-3-6-23/h1-14,21H,15-18,20H2,(H2,34,35). The van der Waals surface area contributed by atoms with Crippen LogP contribution in [0.1, 0.15) is 11.4 Å². The second kappa shape index (κ2) is 11.3. The van der Waals surface area contributed by atoms with Gasteiger partial charge in [0.15, 0.2) is 11.5 Å². The number of pyridine rings is 2. The maximum Gasteiger partial charge on any atom is 0.236 e. The number of nitriles is 1. The Bertz CT molecular complexity index is 1940. The van der Waals surface area contributed by atoms with Crippen LogP contribution < -0.4 is 10.6 Å². The molecule has 0 aliphatic carbocycles. The van der Waals surface area contributed by atoms with Gasteiger partial charge in [-0.1, -0.05) is 42.5 Å². The molecular formula is C32H27N11. The Morgan fingerprint density at radius 2 is 1.60 bits per heavy atom. The molecule has 6 aromatic rings. The van der Waals surface area contributed by atoms with Gasteiger partial charge in [-0.2, -0.15) is 10.2 Å². The predicted octanol–water partition coefficient (Wildman–Crippen LogP) is 4.11. The van der Waals surface area contributed by atoms with Gasteiger partial charge in [0, 0.05) is 50.2 Å². The molecule has 1 fully saturated rings. The van der Waals surface area contributed by atoms with Gasteiger partial charge in [0.1, 0.15) is 23.7 Å². The highest BCUT2D eigenvalue weighted by atomic mass is 15.3. The maximum absolute atomic E-state index is 9.10. The molecule has 43 heavy (non-hydrogen) atoms. The van der Waals surface area contributed by atoms with Crippen LogP contribution in [-0.2, 0) is 6.54 Å². The third-order valence-corrected chi connectivity index (χ3v) is 7.57. The van der Waals surface area contributed by atoms with Gasteiger partial charge in [-0.3, -0.25) is 9.47 Å². The zero-order valence-electron chi connectivity index (χ0n) is 23.2. The van der Waals surface area contributed by atoms with E-state index >= 15 is 0 Å². The third-order valence-electron chi connectivity index (χ3n) is 7.57. The maximum atomic E-state index is 9.10. The van der Waals surface area contributed by atoms with Crippen molar-refractivity contribution in [1.82, 2.24) is 39.4 Å². The van der Waals surface area contributed by atoms with E-state index < -0.39 is 0 Å². The SMILES string of the molecule is N#Cc1ncnc(N2CCN(Cc3ccc(-n4c(-c5cccnc5N)nc5ccc(-c6ccccc6)nc54)cc3)CC2)n1. The Labute approximate surface area is 248 Å². The Balaban J connectivity index is 1.17. The molecule has 1 aliphatic rings. The van der Waals surface area contributed by atoms with Gasteiger partial charge >= 0.3 is 0 Å². The average molecular weight is 566 g/mol. The Hall–Kier alpha value is -5.73. The monoisotopic (exact) mass is 565 g/mol. The number of piperazine rings is 1. The van der Waals surface area contributed by atoms with E-state index in [0.29, 0.717) is 17.6 Å². The molecule has 0 unspecified atom stereocenters. The lowest BCUT2D eigenvalue weighted by Gasteiger charge is -2.34. The summed E-state index contributed by atoms with van der Waals surface area (Å²) in [5.41, 5.74) is 12.6. The summed E-state index contributed by atoms with van der Waals surface area (Å²) < 4.78 is 2.06. The summed E-state index contributed by atoms with van der Waals surface area (Å²) in [6, 6.07) is 28.4. The van der Waals surface area contributed by atoms with Crippen molar-refractivity contribution in [3.8, 4) is 34.4 Å². The highest BCUT2D eigenvalue weighted by molar-refractivity contribution is 5.84. The Kier molecular flexibility index (Phi) is 6.86. The molecule has 2 aromatic carbocycles. The van der Waals surface area contributed by atoms with Crippen LogP contribution in [0.25, 0.3) is 39.5 Å². The number of fused-ring (bicyclic) bond motifs is 1. The van der Waals surface area contributed by atoms with Gasteiger partial charge in [0.25, 0.3) is 0 Å². The van der Waals surface area contributed by atoms with Crippen molar-refractivity contribution >= 4 is 22.9 Å². The number of nitrogens with zero attached hydrogens (tertiary/aromatic N) is 10. The minimum absolute atomic E-state index is 0.138. The number of nitrogen functional groups attached to an aromatic ring is 1. The first-order valence-electron chi connectivity index (χ1n) is 14.0. The van der Waals surface area contributed by atoms with E-state index in [9.17, 15) is 0 Å². The molecule has 0 saturated carbocycles. The van der Waals surface area contributed by atoms with Crippen molar-refractivity contribution in [2.24, 2.45) is 0 Å². The van der Waals surface area contributed by atoms with Crippen LogP contribution in [-0.4, -0.2) is 65.5 Å². The van der Waals surface area contributed by atoms with E-state index in [0.717, 1.165) is 66.4 Å². The van der Waals surface area contributed by atoms with Gasteiger partial charge in [-0.25, -0.2) is 24.9 Å². The smallest absolute Gasteiger partial charge is 0.236 e. The third kappa shape index (κ3) is 5.23. The molecule has 210 valence electrons. The van der Waals surface area contributed by atoms with Gasteiger partial charge in [0.05, 0.1) is 11.3 Å². The molecule has 0 radical (unpaired) electrons. The number of anilines is 2. The summed E-state index contributed by atoms with van der Waals surface area (Å²) in [4.78, 5) is 31.2. The molecule has 7 rings (SSSR count). The summed E-state index contributed by atoms with van der Waals surface area (Å²) in [6.45, 7) is 4.09. The van der Waals surface area contributed by atoms with Gasteiger partial charge in [-0.05, 0) is 42.0 Å². The minimum Gasteiger partial charge on any atom is -0.383 e. The number of benzene rings is 2. The summed E-state index contributed by atoms with van der Waals surface area (Å²) in [7, 11) is 0. The number of rotatable bonds is 6. The van der Waals surface area contributed by atoms with E-state index in [4.69, 9.17) is 21.0 Å². The van der Waals surface area contributed by atoms with Crippen LogP contribution in [0.4, 0.5) is 11.8 Å². The molecule has 11 nitrogen and oxygen atoms in total. The van der Waals surface area contributed by atoms with Crippen LogP contribution in [0.3, 0.4) is 0 Å². The topological polar surface area (TPSA) is 139 Å². The lowest BCUT2D eigenvalue weighted by molar-refractivity contribution is 0.248. The van der Waals surface area contributed by atoms with E-state index in [1.54, 1.807) is 6.20 Å². The molecule has 0 spiro atoms. The zero-order chi connectivity index (χ0) is 29.2. The quantitative estimate of drug-likeness (QED) is 0.314. The molecule has 2 N–H and O–H groups in total. The van der Waals surface area contributed by atoms with Crippen LogP contribution >= 0.6 is 0 Å². The van der Waals surface area contributed by atoms with E-state index in [2.05, 4.69) is 70.7 Å². The summed E-state index contributed by atoms with van der Waals surface area (Å²) in [6.07, 6.45) is 3.07. The van der Waals surface area contributed by atoms with Gasteiger partial charge < -0.3 is 10.6 Å². The van der Waals surface area contributed by atoms with Crippen LogP contribution in [0, 0.1) is 11.3 Å². The lowest BCUT2D eigenvalue weighted by atomic mass is 10.1. The fraction of sp³-hybridized carbons (Fsp3) is 0.156. The zero-order valence-corrected chi connectivity index (χ0v) is 23.2. The van der Waals surface area contributed by atoms with E-state index in [1.165, 1.54) is 11.9 Å². The first kappa shape index (κ1) is 26.2. The van der Waals surface area contributed by atoms with Crippen LogP contribution in [0.2, 0.25) is 0 Å². The summed E-state index contributed by atoms with van der Waals surface area (Å²) >= 11 is 0. The van der Waals surface area contributed by atoms with Crippen LogP contribution in [0.15, 0.2) is 91.4 Å². The van der Waals surface area contributed by atoms with Crippen molar-refractivity contribution < 1.29 is 0 Å². The first-order valence-corrected chi connectivity index (χ1v) is 14.0. The summed E-state index contributed by atoms with van der Waals surface area (Å²) in [5, 5.41) is 9.10. The molecule has 0 atom stereocenters. The molecule has 1 saturated heterocycles. The minimum atomic E-state index is 0.138. The summed E-state index contributed by atoms with van der Waals surface area (Å²) in [5.74, 6) is 1.80. The second-order valence-corrected chi connectivity index (χ2v) is 10.3. The highest BCUT2D eigenvalue weighted by Crippen LogP contribution is 2.32. The van der Waals surface area contributed by atoms with E-state index in [-0.39, 0.29) is 5.82 Å². The van der Waals surface area contributed by atoms with Crippen LogP contribution in [0.5, 0.6) is 0 Å². The lowest BCUT2D eigenvalue weighted by Crippen LogP contribution is -2.46. The Morgan fingerprint density at radius 3 is 2.37 bits per heavy atom. The fourth-order valence-electron chi connectivity index (χ4n) is 5.37. The van der Waals surface area contributed by atoms with Gasteiger partial charge in [0.2, 0.25) is 11.8 Å². The Morgan fingerprint density at radius 1 is 0.791 bits per heavy atom. The molecule has 4 aromatic heterocycles. The highest BCUT2D eigenvalue weighted by Gasteiger charge is 2.21. The second-order valence-electron chi connectivity index (χ2n) is 10.3.